The number of anilines is 1. The van der Waals surface area contributed by atoms with Gasteiger partial charge in [-0.05, 0) is 55.0 Å². The number of nitrogens with two attached hydrogens (primary N) is 1. The highest BCUT2D eigenvalue weighted by atomic mass is 79.9. The van der Waals surface area contributed by atoms with Gasteiger partial charge in [0.15, 0.2) is 0 Å². The van der Waals surface area contributed by atoms with Gasteiger partial charge in [0, 0.05) is 16.7 Å². The molecule has 16 heavy (non-hydrogen) atoms. The number of hydrogen-bond donors (Lipinski definition) is 2. The van der Waals surface area contributed by atoms with Gasteiger partial charge >= 0.3 is 0 Å². The smallest absolute Gasteiger partial charge is 0.0328 e. The summed E-state index contributed by atoms with van der Waals surface area (Å²) in [6, 6.07) is 6.07. The lowest BCUT2D eigenvalue weighted by molar-refractivity contribution is 0.461. The summed E-state index contributed by atoms with van der Waals surface area (Å²) in [4.78, 5) is 0. The predicted octanol–water partition coefficient (Wildman–Crippen LogP) is 3.17. The lowest BCUT2D eigenvalue weighted by atomic mass is 10.1. The fourth-order valence-electron chi connectivity index (χ4n) is 2.05. The van der Waals surface area contributed by atoms with Crippen LogP contribution in [0.25, 0.3) is 0 Å². The molecule has 0 heterocycles. The summed E-state index contributed by atoms with van der Waals surface area (Å²) in [5.41, 5.74) is 7.86. The van der Waals surface area contributed by atoms with Crippen molar-refractivity contribution in [1.82, 2.24) is 5.32 Å². The van der Waals surface area contributed by atoms with Crippen LogP contribution in [0, 0.1) is 11.8 Å². The first-order valence-electron chi connectivity index (χ1n) is 5.91. The van der Waals surface area contributed by atoms with Crippen LogP contribution in [0.4, 0.5) is 5.69 Å². The summed E-state index contributed by atoms with van der Waals surface area (Å²) in [5, 5.41) is 3.50. The third-order valence-electron chi connectivity index (χ3n) is 3.20. The minimum Gasteiger partial charge on any atom is -0.399 e. The normalized spacial score (nSPS) is 17.4. The number of rotatable bonds is 5. The maximum absolute atomic E-state index is 5.79. The molecular weight excluding hydrogens is 264 g/mol. The van der Waals surface area contributed by atoms with Crippen molar-refractivity contribution >= 4 is 21.6 Å². The molecule has 0 aliphatic heterocycles. The van der Waals surface area contributed by atoms with Crippen molar-refractivity contribution in [3.8, 4) is 0 Å². The third kappa shape index (κ3) is 3.49. The van der Waals surface area contributed by atoms with Crippen molar-refractivity contribution in [2.45, 2.75) is 26.3 Å². The van der Waals surface area contributed by atoms with Crippen LogP contribution >= 0.6 is 15.9 Å². The molecule has 88 valence electrons. The molecule has 0 saturated heterocycles. The molecule has 1 saturated carbocycles. The zero-order chi connectivity index (χ0) is 11.5. The average Bonchev–Trinajstić information content (AvgIpc) is 2.98. The van der Waals surface area contributed by atoms with Crippen LogP contribution in [0.15, 0.2) is 22.7 Å². The summed E-state index contributed by atoms with van der Waals surface area (Å²) in [5.74, 6) is 1.78. The van der Waals surface area contributed by atoms with Gasteiger partial charge in [-0.15, -0.1) is 0 Å². The van der Waals surface area contributed by atoms with Crippen molar-refractivity contribution in [2.24, 2.45) is 11.8 Å². The second-order valence-corrected chi connectivity index (χ2v) is 5.75. The molecule has 1 aliphatic rings. The van der Waals surface area contributed by atoms with E-state index in [1.807, 2.05) is 12.1 Å². The van der Waals surface area contributed by atoms with E-state index in [-0.39, 0.29) is 0 Å². The SMILES string of the molecule is CC(CNCc1cc(N)cc(Br)c1)C1CC1. The maximum atomic E-state index is 5.79. The van der Waals surface area contributed by atoms with Gasteiger partial charge in [0.2, 0.25) is 0 Å². The van der Waals surface area contributed by atoms with E-state index in [1.54, 1.807) is 0 Å². The first kappa shape index (κ1) is 11.9. The molecule has 0 aromatic heterocycles. The Labute approximate surface area is 106 Å². The molecule has 1 aliphatic carbocycles. The highest BCUT2D eigenvalue weighted by Crippen LogP contribution is 2.36. The van der Waals surface area contributed by atoms with Crippen molar-refractivity contribution in [1.29, 1.82) is 0 Å². The average molecular weight is 283 g/mol. The Morgan fingerprint density at radius 2 is 2.19 bits per heavy atom. The predicted molar refractivity (Wildman–Crippen MR) is 72.1 cm³/mol. The molecule has 2 rings (SSSR count). The topological polar surface area (TPSA) is 38.0 Å². The summed E-state index contributed by atoms with van der Waals surface area (Å²) < 4.78 is 1.06. The molecular formula is C13H19BrN2. The van der Waals surface area contributed by atoms with Crippen LogP contribution in [0.2, 0.25) is 0 Å². The third-order valence-corrected chi connectivity index (χ3v) is 3.66. The van der Waals surface area contributed by atoms with E-state index >= 15 is 0 Å². The number of halogens is 1. The van der Waals surface area contributed by atoms with Crippen LogP contribution in [0.5, 0.6) is 0 Å². The lowest BCUT2D eigenvalue weighted by Gasteiger charge is -2.11. The minimum atomic E-state index is 0.810. The Hall–Kier alpha value is -0.540. The van der Waals surface area contributed by atoms with Crippen LogP contribution < -0.4 is 11.1 Å². The second kappa shape index (κ2) is 5.19. The van der Waals surface area contributed by atoms with Gasteiger partial charge in [0.1, 0.15) is 0 Å². The van der Waals surface area contributed by atoms with Crippen molar-refractivity contribution in [3.63, 3.8) is 0 Å². The van der Waals surface area contributed by atoms with Crippen LogP contribution in [0.3, 0.4) is 0 Å². The van der Waals surface area contributed by atoms with Crippen LogP contribution in [0.1, 0.15) is 25.3 Å². The molecule has 0 bridgehead atoms. The zero-order valence-electron chi connectivity index (χ0n) is 9.67. The summed E-state index contributed by atoms with van der Waals surface area (Å²) >= 11 is 3.46. The Morgan fingerprint density at radius 3 is 2.81 bits per heavy atom. The van der Waals surface area contributed by atoms with Crippen molar-refractivity contribution < 1.29 is 0 Å². The summed E-state index contributed by atoms with van der Waals surface area (Å²) in [6.07, 6.45) is 2.85. The van der Waals surface area contributed by atoms with E-state index < -0.39 is 0 Å². The molecule has 1 aromatic carbocycles. The molecule has 1 fully saturated rings. The standard InChI is InChI=1S/C13H19BrN2/c1-9(11-2-3-11)7-16-8-10-4-12(14)6-13(15)5-10/h4-6,9,11,16H,2-3,7-8,15H2,1H3. The van der Waals surface area contributed by atoms with E-state index in [2.05, 4.69) is 34.2 Å². The molecule has 1 unspecified atom stereocenters. The summed E-state index contributed by atoms with van der Waals surface area (Å²) in [7, 11) is 0. The molecule has 3 heteroatoms. The van der Waals surface area contributed by atoms with Crippen LogP contribution in [-0.4, -0.2) is 6.54 Å². The second-order valence-electron chi connectivity index (χ2n) is 4.84. The molecule has 1 aromatic rings. The number of nitrogens with one attached hydrogen (secondary N) is 1. The van der Waals surface area contributed by atoms with Crippen molar-refractivity contribution in [3.05, 3.63) is 28.2 Å². The monoisotopic (exact) mass is 282 g/mol. The quantitative estimate of drug-likeness (QED) is 0.815. The molecule has 1 atom stereocenters. The van der Waals surface area contributed by atoms with E-state index in [0.29, 0.717) is 0 Å². The molecule has 0 radical (unpaired) electrons. The number of benzene rings is 1. The maximum Gasteiger partial charge on any atom is 0.0328 e. The Bertz CT molecular complexity index is 341. The van der Waals surface area contributed by atoms with Crippen molar-refractivity contribution in [2.75, 3.05) is 12.3 Å². The van der Waals surface area contributed by atoms with Crippen LogP contribution in [-0.2, 0) is 6.54 Å². The number of nitrogen functional groups attached to an aromatic ring is 1. The van der Waals surface area contributed by atoms with E-state index in [4.69, 9.17) is 5.73 Å². The Balaban J connectivity index is 1.79. The fourth-order valence-corrected chi connectivity index (χ4v) is 2.61. The number of hydrogen-bond acceptors (Lipinski definition) is 2. The summed E-state index contributed by atoms with van der Waals surface area (Å²) in [6.45, 7) is 4.34. The highest BCUT2D eigenvalue weighted by molar-refractivity contribution is 9.10. The first-order chi connectivity index (χ1) is 7.65. The zero-order valence-corrected chi connectivity index (χ0v) is 11.3. The fraction of sp³-hybridized carbons (Fsp3) is 0.538. The van der Waals surface area contributed by atoms with Gasteiger partial charge in [-0.3, -0.25) is 0 Å². The molecule has 3 N–H and O–H groups in total. The van der Waals surface area contributed by atoms with E-state index in [0.717, 1.165) is 35.1 Å². The largest absolute Gasteiger partial charge is 0.399 e. The molecule has 2 nitrogen and oxygen atoms in total. The first-order valence-corrected chi connectivity index (χ1v) is 6.70. The Morgan fingerprint density at radius 1 is 1.44 bits per heavy atom. The van der Waals surface area contributed by atoms with Gasteiger partial charge < -0.3 is 11.1 Å². The van der Waals surface area contributed by atoms with Gasteiger partial charge in [-0.25, -0.2) is 0 Å². The van der Waals surface area contributed by atoms with E-state index in [9.17, 15) is 0 Å². The lowest BCUT2D eigenvalue weighted by Crippen LogP contribution is -2.21. The van der Waals surface area contributed by atoms with Gasteiger partial charge in [-0.1, -0.05) is 22.9 Å². The van der Waals surface area contributed by atoms with Gasteiger partial charge in [-0.2, -0.15) is 0 Å². The Kier molecular flexibility index (Phi) is 3.87. The molecule has 0 spiro atoms. The highest BCUT2D eigenvalue weighted by Gasteiger charge is 2.27. The van der Waals surface area contributed by atoms with Gasteiger partial charge in [0.05, 0.1) is 0 Å². The molecule has 0 amide bonds. The van der Waals surface area contributed by atoms with E-state index in [1.165, 1.54) is 18.4 Å². The van der Waals surface area contributed by atoms with Gasteiger partial charge in [0.25, 0.3) is 0 Å². The minimum absolute atomic E-state index is 0.810.